The van der Waals surface area contributed by atoms with Gasteiger partial charge in [0.15, 0.2) is 17.3 Å². The van der Waals surface area contributed by atoms with Crippen LogP contribution in [-0.4, -0.2) is 55.4 Å². The van der Waals surface area contributed by atoms with Crippen LogP contribution in [0.25, 0.3) is 5.69 Å². The number of carbonyl (C=O) groups is 1. The fourth-order valence-electron chi connectivity index (χ4n) is 3.25. The normalized spacial score (nSPS) is 14.0. The van der Waals surface area contributed by atoms with Crippen molar-refractivity contribution < 1.29 is 22.7 Å². The Kier molecular flexibility index (Phi) is 7.21. The van der Waals surface area contributed by atoms with E-state index < -0.39 is 22.0 Å². The second-order valence-corrected chi connectivity index (χ2v) is 9.93. The number of carbonyl (C=O) groups excluding carboxylic acids is 1. The minimum Gasteiger partial charge on any atom is -0.486 e. The Morgan fingerprint density at radius 1 is 1.12 bits per heavy atom. The van der Waals surface area contributed by atoms with Crippen molar-refractivity contribution in [3.63, 3.8) is 0 Å². The smallest absolute Gasteiger partial charge is 0.243 e. The summed E-state index contributed by atoms with van der Waals surface area (Å²) in [5, 5.41) is 7.07. The van der Waals surface area contributed by atoms with Crippen molar-refractivity contribution in [1.29, 1.82) is 0 Å². The van der Waals surface area contributed by atoms with E-state index in [1.54, 1.807) is 23.0 Å². The van der Waals surface area contributed by atoms with E-state index in [1.807, 2.05) is 36.6 Å². The van der Waals surface area contributed by atoms with Gasteiger partial charge in [0.05, 0.1) is 10.6 Å². The Labute approximate surface area is 196 Å². The van der Waals surface area contributed by atoms with Crippen molar-refractivity contribution in [2.45, 2.75) is 17.4 Å². The second-order valence-electron chi connectivity index (χ2n) is 7.23. The number of sulfonamides is 1. The van der Waals surface area contributed by atoms with E-state index in [4.69, 9.17) is 9.47 Å². The average molecular weight is 489 g/mol. The maximum atomic E-state index is 13.0. The van der Waals surface area contributed by atoms with Crippen molar-refractivity contribution in [3.05, 3.63) is 60.8 Å². The van der Waals surface area contributed by atoms with Crippen molar-refractivity contribution in [2.75, 3.05) is 30.5 Å². The Balaban J connectivity index is 1.49. The van der Waals surface area contributed by atoms with Gasteiger partial charge in [-0.2, -0.15) is 21.6 Å². The quantitative estimate of drug-likeness (QED) is 0.476. The lowest BCUT2D eigenvalue weighted by Crippen LogP contribution is -2.44. The molecule has 1 aromatic heterocycles. The van der Waals surface area contributed by atoms with Gasteiger partial charge in [-0.1, -0.05) is 18.2 Å². The van der Waals surface area contributed by atoms with E-state index in [9.17, 15) is 13.2 Å². The van der Waals surface area contributed by atoms with Crippen molar-refractivity contribution in [1.82, 2.24) is 14.5 Å². The fourth-order valence-corrected chi connectivity index (χ4v) is 4.97. The number of rotatable bonds is 9. The lowest BCUT2D eigenvalue weighted by Gasteiger charge is -2.20. The summed E-state index contributed by atoms with van der Waals surface area (Å²) in [7, 11) is -3.98. The SMILES string of the molecule is CSCC[C@H](NS(=O)(=O)c1ccc2c(c1)OCCO2)C(=O)Nc1ccn(-c2ccccc2)n1. The number of para-hydroxylation sites is 1. The molecule has 0 unspecified atom stereocenters. The van der Waals surface area contributed by atoms with Crippen LogP contribution in [0.4, 0.5) is 5.82 Å². The summed E-state index contributed by atoms with van der Waals surface area (Å²) in [5.74, 6) is 1.30. The van der Waals surface area contributed by atoms with Crippen molar-refractivity contribution >= 4 is 33.5 Å². The number of nitrogens with one attached hydrogen (secondary N) is 2. The van der Waals surface area contributed by atoms with Crippen LogP contribution in [0.2, 0.25) is 0 Å². The number of hydrogen-bond donors (Lipinski definition) is 2. The first-order chi connectivity index (χ1) is 16.0. The Morgan fingerprint density at radius 3 is 2.64 bits per heavy atom. The molecular weight excluding hydrogens is 464 g/mol. The van der Waals surface area contributed by atoms with E-state index in [-0.39, 0.29) is 4.90 Å². The molecule has 11 heteroatoms. The van der Waals surface area contributed by atoms with Gasteiger partial charge in [0.2, 0.25) is 15.9 Å². The Bertz CT molecular complexity index is 1210. The summed E-state index contributed by atoms with van der Waals surface area (Å²) in [6.07, 6.45) is 3.93. The molecule has 1 amide bonds. The molecule has 2 N–H and O–H groups in total. The molecule has 4 rings (SSSR count). The van der Waals surface area contributed by atoms with Gasteiger partial charge >= 0.3 is 0 Å². The summed E-state index contributed by atoms with van der Waals surface area (Å²) < 4.78 is 41.1. The van der Waals surface area contributed by atoms with Crippen LogP contribution in [0.5, 0.6) is 11.5 Å². The van der Waals surface area contributed by atoms with Gasteiger partial charge in [-0.05, 0) is 42.7 Å². The second kappa shape index (κ2) is 10.3. The maximum absolute atomic E-state index is 13.0. The summed E-state index contributed by atoms with van der Waals surface area (Å²) in [5.41, 5.74) is 0.844. The number of nitrogens with zero attached hydrogens (tertiary/aromatic N) is 2. The van der Waals surface area contributed by atoms with Gasteiger partial charge in [0.1, 0.15) is 19.3 Å². The number of benzene rings is 2. The highest BCUT2D eigenvalue weighted by molar-refractivity contribution is 7.98. The Hall–Kier alpha value is -3.02. The first-order valence-electron chi connectivity index (χ1n) is 10.3. The molecule has 1 aliphatic heterocycles. The first kappa shape index (κ1) is 23.1. The molecule has 9 nitrogen and oxygen atoms in total. The molecule has 0 saturated heterocycles. The third-order valence-corrected chi connectivity index (χ3v) is 7.02. The minimum absolute atomic E-state index is 0.00190. The summed E-state index contributed by atoms with van der Waals surface area (Å²) in [6.45, 7) is 0.757. The highest BCUT2D eigenvalue weighted by Gasteiger charge is 2.27. The van der Waals surface area contributed by atoms with E-state index in [1.165, 1.54) is 23.9 Å². The Morgan fingerprint density at radius 2 is 1.88 bits per heavy atom. The van der Waals surface area contributed by atoms with Crippen LogP contribution in [0.1, 0.15) is 6.42 Å². The van der Waals surface area contributed by atoms with Crippen LogP contribution in [0.15, 0.2) is 65.7 Å². The van der Waals surface area contributed by atoms with Gasteiger partial charge in [0.25, 0.3) is 0 Å². The summed E-state index contributed by atoms with van der Waals surface area (Å²) in [6, 6.07) is 14.5. The van der Waals surface area contributed by atoms with Crippen molar-refractivity contribution in [2.24, 2.45) is 0 Å². The molecule has 0 radical (unpaired) electrons. The van der Waals surface area contributed by atoms with E-state index in [0.29, 0.717) is 42.7 Å². The highest BCUT2D eigenvalue weighted by atomic mass is 32.2. The van der Waals surface area contributed by atoms with Gasteiger partial charge in [-0.15, -0.1) is 0 Å². The minimum atomic E-state index is -3.98. The molecule has 0 fully saturated rings. The van der Waals surface area contributed by atoms with E-state index in [0.717, 1.165) is 5.69 Å². The van der Waals surface area contributed by atoms with Gasteiger partial charge in [-0.3, -0.25) is 4.79 Å². The maximum Gasteiger partial charge on any atom is 0.243 e. The average Bonchev–Trinajstić information content (AvgIpc) is 3.30. The molecule has 3 aromatic rings. The number of ether oxygens (including phenoxy) is 2. The number of anilines is 1. The van der Waals surface area contributed by atoms with Crippen LogP contribution in [-0.2, 0) is 14.8 Å². The van der Waals surface area contributed by atoms with Crippen LogP contribution < -0.4 is 19.5 Å². The highest BCUT2D eigenvalue weighted by Crippen LogP contribution is 2.32. The van der Waals surface area contributed by atoms with Gasteiger partial charge in [-0.25, -0.2) is 13.1 Å². The molecule has 1 aliphatic rings. The topological polar surface area (TPSA) is 112 Å². The third-order valence-electron chi connectivity index (χ3n) is 4.91. The van der Waals surface area contributed by atoms with E-state index >= 15 is 0 Å². The number of thioether (sulfide) groups is 1. The molecule has 0 aliphatic carbocycles. The van der Waals surface area contributed by atoms with Gasteiger partial charge in [0, 0.05) is 18.3 Å². The zero-order valence-electron chi connectivity index (χ0n) is 17.9. The van der Waals surface area contributed by atoms with Crippen LogP contribution >= 0.6 is 11.8 Å². The van der Waals surface area contributed by atoms with Crippen LogP contribution in [0.3, 0.4) is 0 Å². The predicted octanol–water partition coefficient (Wildman–Crippen LogP) is 2.68. The number of aromatic nitrogens is 2. The lowest BCUT2D eigenvalue weighted by molar-refractivity contribution is -0.117. The molecule has 1 atom stereocenters. The fraction of sp³-hybridized carbons (Fsp3) is 0.273. The number of amides is 1. The number of hydrogen-bond acceptors (Lipinski definition) is 7. The standard InChI is InChI=1S/C22H24N4O5S2/c1-32-14-10-18(22(27)23-21-9-11-26(24-21)16-5-3-2-4-6-16)25-33(28,29)17-7-8-19-20(15-17)31-13-12-30-19/h2-9,11,15,18,25H,10,12-14H2,1H3,(H,23,24,27)/t18-/m0/s1. The summed E-state index contributed by atoms with van der Waals surface area (Å²) in [4.78, 5) is 13.0. The zero-order valence-corrected chi connectivity index (χ0v) is 19.6. The van der Waals surface area contributed by atoms with Gasteiger partial charge < -0.3 is 14.8 Å². The monoisotopic (exact) mass is 488 g/mol. The molecule has 33 heavy (non-hydrogen) atoms. The molecule has 174 valence electrons. The molecular formula is C22H24N4O5S2. The zero-order chi connectivity index (χ0) is 23.3. The number of fused-ring (bicyclic) bond motifs is 1. The largest absolute Gasteiger partial charge is 0.486 e. The third kappa shape index (κ3) is 5.67. The predicted molar refractivity (Wildman–Crippen MR) is 127 cm³/mol. The molecule has 2 heterocycles. The van der Waals surface area contributed by atoms with E-state index in [2.05, 4.69) is 15.1 Å². The van der Waals surface area contributed by atoms with Crippen molar-refractivity contribution in [3.8, 4) is 17.2 Å². The molecule has 0 saturated carbocycles. The lowest BCUT2D eigenvalue weighted by atomic mass is 10.2. The molecule has 0 spiro atoms. The first-order valence-corrected chi connectivity index (χ1v) is 13.2. The molecule has 2 aromatic carbocycles. The van der Waals surface area contributed by atoms with Crippen LogP contribution in [0, 0.1) is 0 Å². The summed E-state index contributed by atoms with van der Waals surface area (Å²) >= 11 is 1.52. The molecule has 0 bridgehead atoms.